The summed E-state index contributed by atoms with van der Waals surface area (Å²) < 4.78 is 8.29. The van der Waals surface area contributed by atoms with Gasteiger partial charge in [0.25, 0.3) is 5.56 Å². The van der Waals surface area contributed by atoms with Crippen LogP contribution in [0.5, 0.6) is 0 Å². The van der Waals surface area contributed by atoms with Crippen molar-refractivity contribution in [2.45, 2.75) is 32.6 Å². The molecular formula is C17H24N6O3. The molecule has 1 aliphatic rings. The Morgan fingerprint density at radius 3 is 2.96 bits per heavy atom. The largest absolute Gasteiger partial charge is 0.375 e. The van der Waals surface area contributed by atoms with Crippen molar-refractivity contribution >= 4 is 5.91 Å². The summed E-state index contributed by atoms with van der Waals surface area (Å²) in [7, 11) is 3.36. The molecule has 0 radical (unpaired) electrons. The van der Waals surface area contributed by atoms with Gasteiger partial charge in [0.15, 0.2) is 0 Å². The van der Waals surface area contributed by atoms with Gasteiger partial charge in [0.05, 0.1) is 25.0 Å². The molecule has 0 aromatic carbocycles. The quantitative estimate of drug-likeness (QED) is 0.756. The molecule has 3 heterocycles. The van der Waals surface area contributed by atoms with Gasteiger partial charge in [-0.2, -0.15) is 5.10 Å². The van der Waals surface area contributed by atoms with Gasteiger partial charge in [-0.25, -0.2) is 4.98 Å². The topological polar surface area (TPSA) is 94.3 Å². The Morgan fingerprint density at radius 2 is 2.23 bits per heavy atom. The molecular weight excluding hydrogens is 336 g/mol. The number of rotatable bonds is 6. The Kier molecular flexibility index (Phi) is 5.79. The van der Waals surface area contributed by atoms with E-state index in [1.165, 1.54) is 13.2 Å². The molecule has 1 N–H and O–H groups in total. The zero-order valence-corrected chi connectivity index (χ0v) is 15.1. The molecule has 2 aromatic heterocycles. The van der Waals surface area contributed by atoms with E-state index in [4.69, 9.17) is 4.74 Å². The highest BCUT2D eigenvalue weighted by Gasteiger charge is 2.18. The molecule has 0 saturated heterocycles. The van der Waals surface area contributed by atoms with E-state index in [0.29, 0.717) is 18.8 Å². The fourth-order valence-electron chi connectivity index (χ4n) is 3.11. The smallest absolute Gasteiger partial charge is 0.253 e. The SMILES string of the molecule is COCC(=O)NCc1cc(=O)n2c(n1)CN(Cc1cnn(C)c1)CCC2. The van der Waals surface area contributed by atoms with Crippen molar-refractivity contribution < 1.29 is 9.53 Å². The van der Waals surface area contributed by atoms with Crippen molar-refractivity contribution in [3.05, 3.63) is 45.9 Å². The van der Waals surface area contributed by atoms with Crippen molar-refractivity contribution in [2.24, 2.45) is 7.05 Å². The predicted octanol–water partition coefficient (Wildman–Crippen LogP) is -0.355. The molecule has 2 aromatic rings. The van der Waals surface area contributed by atoms with Crippen LogP contribution in [0.1, 0.15) is 23.5 Å². The van der Waals surface area contributed by atoms with Crippen LogP contribution in [0.15, 0.2) is 23.3 Å². The van der Waals surface area contributed by atoms with Gasteiger partial charge in [0.2, 0.25) is 5.91 Å². The first-order valence-corrected chi connectivity index (χ1v) is 8.60. The van der Waals surface area contributed by atoms with Gasteiger partial charge in [0.1, 0.15) is 12.4 Å². The fraction of sp³-hybridized carbons (Fsp3) is 0.529. The second-order valence-corrected chi connectivity index (χ2v) is 6.45. The number of hydrogen-bond donors (Lipinski definition) is 1. The first kappa shape index (κ1) is 18.3. The Morgan fingerprint density at radius 1 is 1.38 bits per heavy atom. The van der Waals surface area contributed by atoms with Crippen LogP contribution in [-0.4, -0.2) is 50.4 Å². The summed E-state index contributed by atoms with van der Waals surface area (Å²) >= 11 is 0. The van der Waals surface area contributed by atoms with Crippen LogP contribution in [0.4, 0.5) is 0 Å². The third-order valence-electron chi connectivity index (χ3n) is 4.27. The fourth-order valence-corrected chi connectivity index (χ4v) is 3.11. The molecule has 0 aliphatic carbocycles. The highest BCUT2D eigenvalue weighted by molar-refractivity contribution is 5.77. The second kappa shape index (κ2) is 8.24. The molecule has 0 bridgehead atoms. The Hall–Kier alpha value is -2.52. The summed E-state index contributed by atoms with van der Waals surface area (Å²) in [5, 5.41) is 6.91. The number of nitrogens with one attached hydrogen (secondary N) is 1. The number of aromatic nitrogens is 4. The van der Waals surface area contributed by atoms with Crippen molar-refractivity contribution in [3.8, 4) is 0 Å². The minimum atomic E-state index is -0.234. The van der Waals surface area contributed by atoms with E-state index < -0.39 is 0 Å². The van der Waals surface area contributed by atoms with Crippen LogP contribution in [0, 0.1) is 0 Å². The average molecular weight is 360 g/mol. The standard InChI is InChI=1S/C17H24N6O3/c1-21-9-13(7-19-21)10-22-4-3-5-23-15(11-22)20-14(6-17(23)25)8-18-16(24)12-26-2/h6-7,9H,3-5,8,10-12H2,1-2H3,(H,18,24). The maximum absolute atomic E-state index is 12.4. The number of nitrogens with zero attached hydrogens (tertiary/aromatic N) is 5. The summed E-state index contributed by atoms with van der Waals surface area (Å²) in [6, 6.07) is 1.49. The lowest BCUT2D eigenvalue weighted by atomic mass is 10.3. The summed E-state index contributed by atoms with van der Waals surface area (Å²) in [6.45, 7) is 3.10. The number of methoxy groups -OCH3 is 1. The lowest BCUT2D eigenvalue weighted by Gasteiger charge is -2.19. The van der Waals surface area contributed by atoms with Crippen molar-refractivity contribution in [2.75, 3.05) is 20.3 Å². The molecule has 140 valence electrons. The van der Waals surface area contributed by atoms with Gasteiger partial charge in [-0.15, -0.1) is 0 Å². The predicted molar refractivity (Wildman–Crippen MR) is 94.2 cm³/mol. The Bertz CT molecular complexity index is 828. The summed E-state index contributed by atoms with van der Waals surface area (Å²) in [5.74, 6) is 0.498. The van der Waals surface area contributed by atoms with Crippen LogP contribution in [-0.2, 0) is 42.8 Å². The number of carbonyl (C=O) groups is 1. The van der Waals surface area contributed by atoms with Gasteiger partial charge in [-0.05, 0) is 6.42 Å². The van der Waals surface area contributed by atoms with Crippen LogP contribution >= 0.6 is 0 Å². The van der Waals surface area contributed by atoms with E-state index in [-0.39, 0.29) is 24.6 Å². The summed E-state index contributed by atoms with van der Waals surface area (Å²) in [5.41, 5.74) is 1.62. The average Bonchev–Trinajstić information content (AvgIpc) is 2.88. The van der Waals surface area contributed by atoms with E-state index >= 15 is 0 Å². The number of amides is 1. The molecule has 0 saturated carbocycles. The van der Waals surface area contributed by atoms with Crippen LogP contribution in [0.3, 0.4) is 0 Å². The number of aryl methyl sites for hydroxylation is 1. The van der Waals surface area contributed by atoms with Crippen molar-refractivity contribution in [1.82, 2.24) is 29.5 Å². The molecule has 0 atom stereocenters. The molecule has 0 unspecified atom stereocenters. The third kappa shape index (κ3) is 4.55. The van der Waals surface area contributed by atoms with Gasteiger partial charge in [-0.3, -0.25) is 23.7 Å². The Balaban J connectivity index is 1.73. The normalized spacial score (nSPS) is 14.7. The van der Waals surface area contributed by atoms with E-state index in [9.17, 15) is 9.59 Å². The molecule has 3 rings (SSSR count). The van der Waals surface area contributed by atoms with Gasteiger partial charge < -0.3 is 10.1 Å². The lowest BCUT2D eigenvalue weighted by Crippen LogP contribution is -2.31. The van der Waals surface area contributed by atoms with Gasteiger partial charge >= 0.3 is 0 Å². The van der Waals surface area contributed by atoms with Gasteiger partial charge in [0, 0.05) is 51.6 Å². The minimum Gasteiger partial charge on any atom is -0.375 e. The number of fused-ring (bicyclic) bond motifs is 1. The summed E-state index contributed by atoms with van der Waals surface area (Å²) in [4.78, 5) is 30.8. The first-order valence-electron chi connectivity index (χ1n) is 8.60. The monoisotopic (exact) mass is 360 g/mol. The molecule has 1 aliphatic heterocycles. The first-order chi connectivity index (χ1) is 12.5. The summed E-state index contributed by atoms with van der Waals surface area (Å²) in [6.07, 6.45) is 4.74. The maximum Gasteiger partial charge on any atom is 0.253 e. The van der Waals surface area contributed by atoms with Crippen LogP contribution < -0.4 is 10.9 Å². The minimum absolute atomic E-state index is 0.0111. The number of ether oxygens (including phenoxy) is 1. The number of carbonyl (C=O) groups excluding carboxylic acids is 1. The molecule has 9 heteroatoms. The molecule has 0 fully saturated rings. The maximum atomic E-state index is 12.4. The molecule has 26 heavy (non-hydrogen) atoms. The zero-order chi connectivity index (χ0) is 18.5. The van der Waals surface area contributed by atoms with E-state index in [1.807, 2.05) is 19.4 Å². The van der Waals surface area contributed by atoms with Crippen molar-refractivity contribution in [1.29, 1.82) is 0 Å². The lowest BCUT2D eigenvalue weighted by molar-refractivity contribution is -0.124. The van der Waals surface area contributed by atoms with E-state index in [0.717, 1.165) is 30.9 Å². The van der Waals surface area contributed by atoms with E-state index in [2.05, 4.69) is 20.3 Å². The molecule has 1 amide bonds. The van der Waals surface area contributed by atoms with Crippen LogP contribution in [0.2, 0.25) is 0 Å². The highest BCUT2D eigenvalue weighted by Crippen LogP contribution is 2.12. The second-order valence-electron chi connectivity index (χ2n) is 6.45. The number of hydrogen-bond acceptors (Lipinski definition) is 6. The van der Waals surface area contributed by atoms with E-state index in [1.54, 1.807) is 9.25 Å². The third-order valence-corrected chi connectivity index (χ3v) is 4.27. The highest BCUT2D eigenvalue weighted by atomic mass is 16.5. The Labute approximate surface area is 151 Å². The molecule has 9 nitrogen and oxygen atoms in total. The van der Waals surface area contributed by atoms with Crippen molar-refractivity contribution in [3.63, 3.8) is 0 Å². The zero-order valence-electron chi connectivity index (χ0n) is 15.1. The van der Waals surface area contributed by atoms with Gasteiger partial charge in [-0.1, -0.05) is 0 Å². The molecule has 0 spiro atoms. The van der Waals surface area contributed by atoms with Crippen LogP contribution in [0.25, 0.3) is 0 Å².